The molecule has 22 heavy (non-hydrogen) atoms. The van der Waals surface area contributed by atoms with Gasteiger partial charge in [-0.25, -0.2) is 0 Å². The molecule has 2 rings (SSSR count). The van der Waals surface area contributed by atoms with Crippen molar-refractivity contribution in [2.45, 2.75) is 31.1 Å². The fourth-order valence-corrected chi connectivity index (χ4v) is 3.46. The van der Waals surface area contributed by atoms with Gasteiger partial charge in [0, 0.05) is 18.3 Å². The second-order valence-corrected chi connectivity index (χ2v) is 6.27. The van der Waals surface area contributed by atoms with Crippen molar-refractivity contribution < 1.29 is 14.7 Å². The molecular weight excluding hydrogens is 300 g/mol. The summed E-state index contributed by atoms with van der Waals surface area (Å²) in [6.45, 7) is 0.661. The first kappa shape index (κ1) is 16.4. The summed E-state index contributed by atoms with van der Waals surface area (Å²) >= 11 is 1.51. The van der Waals surface area contributed by atoms with Crippen molar-refractivity contribution in [3.05, 3.63) is 35.4 Å². The number of carbonyl (C=O) groups is 2. The lowest BCUT2D eigenvalue weighted by molar-refractivity contribution is -0.139. The zero-order chi connectivity index (χ0) is 15.9. The number of likely N-dealkylation sites (tertiary alicyclic amines) is 1. The molecule has 1 aromatic carbocycles. The van der Waals surface area contributed by atoms with E-state index in [0.717, 1.165) is 18.4 Å². The number of carbonyl (C=O) groups excluding carboxylic acids is 1. The normalized spacial score (nSPS) is 17.2. The van der Waals surface area contributed by atoms with Crippen LogP contribution in [-0.4, -0.2) is 40.2 Å². The number of nitriles is 1. The highest BCUT2D eigenvalue weighted by atomic mass is 32.2. The fourth-order valence-electron chi connectivity index (χ4n) is 2.59. The fraction of sp³-hybridized carbons (Fsp3) is 0.438. The maximum absolute atomic E-state index is 12.2. The Morgan fingerprint density at radius 2 is 2.09 bits per heavy atom. The minimum absolute atomic E-state index is 0.0161. The van der Waals surface area contributed by atoms with Gasteiger partial charge in [-0.1, -0.05) is 12.1 Å². The highest BCUT2D eigenvalue weighted by Crippen LogP contribution is 2.22. The second-order valence-electron chi connectivity index (χ2n) is 5.28. The summed E-state index contributed by atoms with van der Waals surface area (Å²) in [6, 6.07) is 9.22. The number of benzene rings is 1. The van der Waals surface area contributed by atoms with Gasteiger partial charge >= 0.3 is 5.97 Å². The molecule has 1 atom stereocenters. The maximum Gasteiger partial charge on any atom is 0.305 e. The molecule has 0 aromatic heterocycles. The average Bonchev–Trinajstić information content (AvgIpc) is 2.95. The number of rotatable bonds is 6. The molecule has 116 valence electrons. The number of aliphatic carboxylic acids is 1. The molecule has 0 radical (unpaired) electrons. The van der Waals surface area contributed by atoms with E-state index in [-0.39, 0.29) is 18.4 Å². The van der Waals surface area contributed by atoms with E-state index >= 15 is 0 Å². The summed E-state index contributed by atoms with van der Waals surface area (Å²) in [7, 11) is 0. The number of hydrogen-bond donors (Lipinski definition) is 1. The molecule has 1 fully saturated rings. The molecule has 0 bridgehead atoms. The lowest BCUT2D eigenvalue weighted by atomic mass is 10.1. The third kappa shape index (κ3) is 4.50. The number of carboxylic acid groups (broad SMARTS) is 1. The molecular formula is C16H18N2O3S. The number of thioether (sulfide) groups is 1. The zero-order valence-electron chi connectivity index (χ0n) is 12.2. The average molecular weight is 318 g/mol. The Hall–Kier alpha value is -2.00. The third-order valence-electron chi connectivity index (χ3n) is 3.69. The number of carboxylic acids is 1. The van der Waals surface area contributed by atoms with Crippen molar-refractivity contribution in [3.8, 4) is 6.07 Å². The van der Waals surface area contributed by atoms with Crippen molar-refractivity contribution in [2.24, 2.45) is 0 Å². The molecule has 1 amide bonds. The molecule has 1 aliphatic rings. The Morgan fingerprint density at radius 1 is 1.36 bits per heavy atom. The molecule has 0 saturated carbocycles. The van der Waals surface area contributed by atoms with E-state index in [4.69, 9.17) is 10.4 Å². The summed E-state index contributed by atoms with van der Waals surface area (Å²) in [4.78, 5) is 24.7. The van der Waals surface area contributed by atoms with Crippen molar-refractivity contribution in [3.63, 3.8) is 0 Å². The minimum Gasteiger partial charge on any atom is -0.481 e. The first-order valence-electron chi connectivity index (χ1n) is 7.18. The van der Waals surface area contributed by atoms with Crippen LogP contribution in [0.1, 0.15) is 30.4 Å². The van der Waals surface area contributed by atoms with Crippen molar-refractivity contribution in [1.29, 1.82) is 5.26 Å². The summed E-state index contributed by atoms with van der Waals surface area (Å²) in [5, 5.41) is 17.6. The minimum atomic E-state index is -0.852. The van der Waals surface area contributed by atoms with E-state index in [1.807, 2.05) is 12.1 Å². The van der Waals surface area contributed by atoms with Gasteiger partial charge in [0.2, 0.25) is 5.91 Å². The first-order valence-corrected chi connectivity index (χ1v) is 8.33. The first-order chi connectivity index (χ1) is 10.6. The van der Waals surface area contributed by atoms with Crippen molar-refractivity contribution in [2.75, 3.05) is 12.3 Å². The van der Waals surface area contributed by atoms with E-state index in [0.29, 0.717) is 23.6 Å². The molecule has 0 aliphatic carbocycles. The molecule has 1 heterocycles. The van der Waals surface area contributed by atoms with Crippen LogP contribution >= 0.6 is 11.8 Å². The SMILES string of the molecule is N#Cc1ccc(CSCC(=O)N2CCCC2CC(=O)O)cc1. The monoisotopic (exact) mass is 318 g/mol. The van der Waals surface area contributed by atoms with Crippen LogP contribution in [0.5, 0.6) is 0 Å². The van der Waals surface area contributed by atoms with Gasteiger partial charge in [0.25, 0.3) is 0 Å². The van der Waals surface area contributed by atoms with Gasteiger partial charge in [-0.05, 0) is 30.5 Å². The second kappa shape index (κ2) is 7.85. The molecule has 0 spiro atoms. The zero-order valence-corrected chi connectivity index (χ0v) is 13.0. The van der Waals surface area contributed by atoms with Crippen LogP contribution in [0.2, 0.25) is 0 Å². The Kier molecular flexibility index (Phi) is 5.84. The van der Waals surface area contributed by atoms with Crippen LogP contribution in [-0.2, 0) is 15.3 Å². The van der Waals surface area contributed by atoms with Crippen molar-refractivity contribution >= 4 is 23.6 Å². The number of amides is 1. The van der Waals surface area contributed by atoms with Gasteiger partial charge in [-0.15, -0.1) is 11.8 Å². The summed E-state index contributed by atoms with van der Waals surface area (Å²) in [6.07, 6.45) is 1.69. The van der Waals surface area contributed by atoms with Crippen LogP contribution in [0, 0.1) is 11.3 Å². The summed E-state index contributed by atoms with van der Waals surface area (Å²) in [5.41, 5.74) is 1.69. The van der Waals surface area contributed by atoms with Gasteiger partial charge in [0.05, 0.1) is 23.8 Å². The molecule has 5 nitrogen and oxygen atoms in total. The predicted molar refractivity (Wildman–Crippen MR) is 84.3 cm³/mol. The molecule has 1 N–H and O–H groups in total. The van der Waals surface area contributed by atoms with E-state index in [1.54, 1.807) is 17.0 Å². The van der Waals surface area contributed by atoms with Gasteiger partial charge < -0.3 is 10.0 Å². The Balaban J connectivity index is 1.79. The Morgan fingerprint density at radius 3 is 2.73 bits per heavy atom. The summed E-state index contributed by atoms with van der Waals surface area (Å²) in [5.74, 6) is 0.225. The van der Waals surface area contributed by atoms with Crippen LogP contribution < -0.4 is 0 Å². The Bertz CT molecular complexity index is 580. The van der Waals surface area contributed by atoms with Gasteiger partial charge in [0.1, 0.15) is 0 Å². The molecule has 1 saturated heterocycles. The highest BCUT2D eigenvalue weighted by molar-refractivity contribution is 7.99. The van der Waals surface area contributed by atoms with E-state index in [9.17, 15) is 9.59 Å². The van der Waals surface area contributed by atoms with Crippen LogP contribution in [0.25, 0.3) is 0 Å². The number of hydrogen-bond acceptors (Lipinski definition) is 4. The van der Waals surface area contributed by atoms with E-state index < -0.39 is 5.97 Å². The van der Waals surface area contributed by atoms with Gasteiger partial charge in [-0.2, -0.15) is 5.26 Å². The quantitative estimate of drug-likeness (QED) is 0.870. The van der Waals surface area contributed by atoms with Crippen molar-refractivity contribution in [1.82, 2.24) is 4.90 Å². The largest absolute Gasteiger partial charge is 0.481 e. The molecule has 1 unspecified atom stereocenters. The summed E-state index contributed by atoms with van der Waals surface area (Å²) < 4.78 is 0. The van der Waals surface area contributed by atoms with Crippen LogP contribution in [0.15, 0.2) is 24.3 Å². The molecule has 1 aliphatic heterocycles. The topological polar surface area (TPSA) is 81.4 Å². The van der Waals surface area contributed by atoms with Gasteiger partial charge in [-0.3, -0.25) is 9.59 Å². The lowest BCUT2D eigenvalue weighted by Crippen LogP contribution is -2.37. The predicted octanol–water partition coefficient (Wildman–Crippen LogP) is 2.26. The molecule has 6 heteroatoms. The van der Waals surface area contributed by atoms with Gasteiger partial charge in [0.15, 0.2) is 0 Å². The standard InChI is InChI=1S/C16H18N2O3S/c17-9-12-3-5-13(6-4-12)10-22-11-15(19)18-7-1-2-14(18)8-16(20)21/h3-6,14H,1-2,7-8,10-11H2,(H,20,21). The van der Waals surface area contributed by atoms with Crippen LogP contribution in [0.4, 0.5) is 0 Å². The van der Waals surface area contributed by atoms with E-state index in [1.165, 1.54) is 11.8 Å². The smallest absolute Gasteiger partial charge is 0.305 e. The maximum atomic E-state index is 12.2. The molecule has 1 aromatic rings. The van der Waals surface area contributed by atoms with Crippen LogP contribution in [0.3, 0.4) is 0 Å². The third-order valence-corrected chi connectivity index (χ3v) is 4.67. The van der Waals surface area contributed by atoms with E-state index in [2.05, 4.69) is 6.07 Å². The number of nitrogens with zero attached hydrogens (tertiary/aromatic N) is 2. The Labute approximate surface area is 133 Å². The lowest BCUT2D eigenvalue weighted by Gasteiger charge is -2.23. The highest BCUT2D eigenvalue weighted by Gasteiger charge is 2.29.